The number of fused-ring (bicyclic) bond motifs is 1. The number of benzene rings is 1. The number of aromatic amines is 1. The van der Waals surface area contributed by atoms with E-state index in [1.54, 1.807) is 6.07 Å². The van der Waals surface area contributed by atoms with E-state index in [2.05, 4.69) is 15.3 Å². The third-order valence-corrected chi connectivity index (χ3v) is 3.78. The van der Waals surface area contributed by atoms with Crippen molar-refractivity contribution in [2.24, 2.45) is 0 Å². The number of nitrogens with one attached hydrogen (secondary N) is 2. The molecule has 0 amide bonds. The average molecular weight is 289 g/mol. The second-order valence-corrected chi connectivity index (χ2v) is 4.94. The predicted octanol–water partition coefficient (Wildman–Crippen LogP) is 0.629. The van der Waals surface area contributed by atoms with Crippen LogP contribution in [0.1, 0.15) is 6.92 Å². The Balaban J connectivity index is 2.21. The number of H-pyrrole nitrogens is 1. The lowest BCUT2D eigenvalue weighted by molar-refractivity contribution is -0.384. The summed E-state index contributed by atoms with van der Waals surface area (Å²) in [6, 6.07) is 3.17. The number of aromatic nitrogens is 2. The third kappa shape index (κ3) is 2.23. The van der Waals surface area contributed by atoms with Crippen LogP contribution >= 0.6 is 0 Å². The van der Waals surface area contributed by atoms with E-state index in [0.29, 0.717) is 17.7 Å². The first-order valence-corrected chi connectivity index (χ1v) is 6.75. The maximum Gasteiger partial charge on any atom is 0.293 e. The molecule has 3 rings (SSSR count). The molecule has 2 N–H and O–H groups in total. The van der Waals surface area contributed by atoms with Gasteiger partial charge in [0.1, 0.15) is 5.69 Å². The summed E-state index contributed by atoms with van der Waals surface area (Å²) in [6.45, 7) is 4.21. The van der Waals surface area contributed by atoms with Gasteiger partial charge < -0.3 is 15.2 Å². The molecule has 110 valence electrons. The molecule has 0 radical (unpaired) electrons. The Kier molecular flexibility index (Phi) is 3.30. The molecule has 1 aliphatic rings. The minimum atomic E-state index is -0.448. The number of anilines is 1. The van der Waals surface area contributed by atoms with Gasteiger partial charge in [0.15, 0.2) is 0 Å². The summed E-state index contributed by atoms with van der Waals surface area (Å²) in [4.78, 5) is 31.2. The van der Waals surface area contributed by atoms with Gasteiger partial charge in [0.2, 0.25) is 0 Å². The van der Waals surface area contributed by atoms with Crippen LogP contribution in [0.4, 0.5) is 11.4 Å². The molecule has 2 heterocycles. The van der Waals surface area contributed by atoms with Gasteiger partial charge in [0.05, 0.1) is 28.2 Å². The average Bonchev–Trinajstić information content (AvgIpc) is 2.41. The molecule has 0 saturated carbocycles. The van der Waals surface area contributed by atoms with Crippen molar-refractivity contribution < 1.29 is 4.92 Å². The van der Waals surface area contributed by atoms with Gasteiger partial charge in [-0.05, 0) is 13.0 Å². The summed E-state index contributed by atoms with van der Waals surface area (Å²) >= 11 is 0. The first kappa shape index (κ1) is 13.5. The first-order valence-electron chi connectivity index (χ1n) is 6.75. The molecule has 1 aromatic carbocycles. The second kappa shape index (κ2) is 5.13. The molecule has 1 aromatic heterocycles. The Morgan fingerprint density at radius 1 is 1.48 bits per heavy atom. The minimum Gasteiger partial charge on any atom is -0.361 e. The van der Waals surface area contributed by atoms with Gasteiger partial charge in [0, 0.05) is 25.7 Å². The van der Waals surface area contributed by atoms with Gasteiger partial charge in [-0.25, -0.2) is 4.98 Å². The largest absolute Gasteiger partial charge is 0.361 e. The summed E-state index contributed by atoms with van der Waals surface area (Å²) in [6.07, 6.45) is 1.31. The lowest BCUT2D eigenvalue weighted by Gasteiger charge is -2.38. The second-order valence-electron chi connectivity index (χ2n) is 4.94. The van der Waals surface area contributed by atoms with Crippen molar-refractivity contribution in [1.82, 2.24) is 15.3 Å². The molecular weight excluding hydrogens is 274 g/mol. The van der Waals surface area contributed by atoms with Crippen molar-refractivity contribution >= 4 is 22.3 Å². The van der Waals surface area contributed by atoms with Gasteiger partial charge in [-0.15, -0.1) is 0 Å². The summed E-state index contributed by atoms with van der Waals surface area (Å²) < 4.78 is 0. The summed E-state index contributed by atoms with van der Waals surface area (Å²) in [5.74, 6) is 0. The van der Waals surface area contributed by atoms with Crippen LogP contribution in [-0.4, -0.2) is 40.6 Å². The number of hydrogen-bond donors (Lipinski definition) is 2. The van der Waals surface area contributed by atoms with Crippen LogP contribution in [0.15, 0.2) is 23.3 Å². The normalized spacial score (nSPS) is 14.9. The van der Waals surface area contributed by atoms with Gasteiger partial charge in [-0.2, -0.15) is 0 Å². The highest BCUT2D eigenvalue weighted by atomic mass is 16.6. The van der Waals surface area contributed by atoms with Crippen molar-refractivity contribution in [1.29, 1.82) is 0 Å². The van der Waals surface area contributed by atoms with Crippen LogP contribution in [0, 0.1) is 10.1 Å². The highest BCUT2D eigenvalue weighted by Crippen LogP contribution is 2.32. The van der Waals surface area contributed by atoms with Crippen LogP contribution in [0.5, 0.6) is 0 Å². The van der Waals surface area contributed by atoms with Crippen LogP contribution in [-0.2, 0) is 0 Å². The minimum absolute atomic E-state index is 0.0604. The number of nitro benzene ring substituents is 1. The fourth-order valence-corrected chi connectivity index (χ4v) is 2.59. The molecule has 0 atom stereocenters. The van der Waals surface area contributed by atoms with E-state index in [0.717, 1.165) is 13.1 Å². The predicted molar refractivity (Wildman–Crippen MR) is 78.7 cm³/mol. The van der Waals surface area contributed by atoms with E-state index < -0.39 is 4.92 Å². The molecule has 1 fully saturated rings. The van der Waals surface area contributed by atoms with E-state index in [1.165, 1.54) is 12.4 Å². The molecule has 2 aromatic rings. The van der Waals surface area contributed by atoms with E-state index in [-0.39, 0.29) is 22.7 Å². The Bertz CT molecular complexity index is 753. The van der Waals surface area contributed by atoms with Crippen LogP contribution in [0.2, 0.25) is 0 Å². The van der Waals surface area contributed by atoms with Crippen molar-refractivity contribution in [3.05, 3.63) is 38.9 Å². The van der Waals surface area contributed by atoms with Crippen LogP contribution in [0.25, 0.3) is 10.9 Å². The number of likely N-dealkylation sites (N-methyl/N-ethyl adjacent to an activating group) is 1. The smallest absolute Gasteiger partial charge is 0.293 e. The zero-order valence-electron chi connectivity index (χ0n) is 11.5. The van der Waals surface area contributed by atoms with Crippen LogP contribution in [0.3, 0.4) is 0 Å². The molecule has 1 aliphatic heterocycles. The maximum atomic E-state index is 11.8. The standard InChI is InChI=1S/C13H15N5O3/c1-2-17(8-5-14-6-8)11-4-10-9(3-12(11)18(20)21)13(19)16-7-15-10/h3-4,7-8,14H,2,5-6H2,1H3,(H,15,16,19). The summed E-state index contributed by atoms with van der Waals surface area (Å²) in [7, 11) is 0. The van der Waals surface area contributed by atoms with Crippen LogP contribution < -0.4 is 15.8 Å². The Morgan fingerprint density at radius 2 is 2.24 bits per heavy atom. The Labute approximate surface area is 119 Å². The Morgan fingerprint density at radius 3 is 2.81 bits per heavy atom. The summed E-state index contributed by atoms with van der Waals surface area (Å²) in [5.41, 5.74) is 0.544. The first-order chi connectivity index (χ1) is 10.1. The monoisotopic (exact) mass is 289 g/mol. The number of nitro groups is 1. The molecule has 1 saturated heterocycles. The van der Waals surface area contributed by atoms with Crippen molar-refractivity contribution in [2.75, 3.05) is 24.5 Å². The number of hydrogen-bond acceptors (Lipinski definition) is 6. The molecule has 8 heteroatoms. The lowest BCUT2D eigenvalue weighted by Crippen LogP contribution is -2.57. The SMILES string of the molecule is CCN(c1cc2nc[nH]c(=O)c2cc1[N+](=O)[O-])C1CNC1. The Hall–Kier alpha value is -2.48. The molecular formula is C13H15N5O3. The quantitative estimate of drug-likeness (QED) is 0.632. The fourth-order valence-electron chi connectivity index (χ4n) is 2.59. The van der Waals surface area contributed by atoms with Gasteiger partial charge in [-0.3, -0.25) is 14.9 Å². The number of nitrogens with zero attached hydrogens (tertiary/aromatic N) is 3. The highest BCUT2D eigenvalue weighted by Gasteiger charge is 2.29. The van der Waals surface area contributed by atoms with Gasteiger partial charge >= 0.3 is 0 Å². The van der Waals surface area contributed by atoms with E-state index in [1.807, 2.05) is 11.8 Å². The zero-order chi connectivity index (χ0) is 15.0. The molecule has 0 aliphatic carbocycles. The van der Waals surface area contributed by atoms with Gasteiger partial charge in [0.25, 0.3) is 11.2 Å². The van der Waals surface area contributed by atoms with Crippen molar-refractivity contribution in [2.45, 2.75) is 13.0 Å². The van der Waals surface area contributed by atoms with E-state index >= 15 is 0 Å². The fraction of sp³-hybridized carbons (Fsp3) is 0.385. The topological polar surface area (TPSA) is 104 Å². The maximum absolute atomic E-state index is 11.8. The number of rotatable bonds is 4. The molecule has 0 bridgehead atoms. The summed E-state index contributed by atoms with van der Waals surface area (Å²) in [5, 5.41) is 14.7. The molecule has 8 nitrogen and oxygen atoms in total. The van der Waals surface area contributed by atoms with Crippen molar-refractivity contribution in [3.63, 3.8) is 0 Å². The van der Waals surface area contributed by atoms with E-state index in [9.17, 15) is 14.9 Å². The third-order valence-electron chi connectivity index (χ3n) is 3.78. The van der Waals surface area contributed by atoms with E-state index in [4.69, 9.17) is 0 Å². The molecule has 0 unspecified atom stereocenters. The van der Waals surface area contributed by atoms with Gasteiger partial charge in [-0.1, -0.05) is 0 Å². The molecule has 21 heavy (non-hydrogen) atoms. The lowest BCUT2D eigenvalue weighted by atomic mass is 10.1. The zero-order valence-corrected chi connectivity index (χ0v) is 11.5. The molecule has 0 spiro atoms. The van der Waals surface area contributed by atoms with Crippen molar-refractivity contribution in [3.8, 4) is 0 Å². The highest BCUT2D eigenvalue weighted by molar-refractivity contribution is 5.87.